The Kier molecular flexibility index (Phi) is 4.20. The van der Waals surface area contributed by atoms with Gasteiger partial charge in [-0.25, -0.2) is 0 Å². The average Bonchev–Trinajstić information content (AvgIpc) is 3.03. The Bertz CT molecular complexity index is 593. The van der Waals surface area contributed by atoms with Crippen molar-refractivity contribution in [1.82, 2.24) is 20.1 Å². The van der Waals surface area contributed by atoms with Crippen molar-refractivity contribution in [2.45, 2.75) is 12.8 Å². The summed E-state index contributed by atoms with van der Waals surface area (Å²) in [5.41, 5.74) is 0.635. The topological polar surface area (TPSA) is 81.3 Å². The quantitative estimate of drug-likeness (QED) is 0.832. The molecule has 0 aromatic carbocycles. The van der Waals surface area contributed by atoms with E-state index in [-0.39, 0.29) is 5.91 Å². The van der Waals surface area contributed by atoms with Crippen LogP contribution in [-0.4, -0.2) is 52.3 Å². The van der Waals surface area contributed by atoms with Crippen molar-refractivity contribution in [3.8, 4) is 11.6 Å². The van der Waals surface area contributed by atoms with E-state index in [4.69, 9.17) is 9.15 Å². The first kappa shape index (κ1) is 13.7. The third-order valence-electron chi connectivity index (χ3n) is 3.27. The summed E-state index contributed by atoms with van der Waals surface area (Å²) in [6.45, 7) is 2.52. The van der Waals surface area contributed by atoms with E-state index in [9.17, 15) is 4.79 Å². The molecule has 7 nitrogen and oxygen atoms in total. The SMILES string of the molecule is O=C(CCc1nnc(-c2ccccn2)o1)N1CCOCC1. The lowest BCUT2D eigenvalue weighted by molar-refractivity contribution is -0.135. The van der Waals surface area contributed by atoms with E-state index in [0.29, 0.717) is 56.6 Å². The maximum Gasteiger partial charge on any atom is 0.266 e. The Morgan fingerprint density at radius 2 is 2.10 bits per heavy atom. The molecule has 1 amide bonds. The molecule has 0 saturated carbocycles. The summed E-state index contributed by atoms with van der Waals surface area (Å²) in [5, 5.41) is 7.91. The maximum atomic E-state index is 12.0. The zero-order valence-electron chi connectivity index (χ0n) is 11.6. The molecule has 0 atom stereocenters. The molecule has 0 bridgehead atoms. The second-order valence-electron chi connectivity index (χ2n) is 4.71. The Morgan fingerprint density at radius 1 is 1.24 bits per heavy atom. The summed E-state index contributed by atoms with van der Waals surface area (Å²) in [7, 11) is 0. The van der Waals surface area contributed by atoms with Crippen molar-refractivity contribution < 1.29 is 13.9 Å². The van der Waals surface area contributed by atoms with Crippen LogP contribution in [0.25, 0.3) is 11.6 Å². The molecule has 0 radical (unpaired) electrons. The standard InChI is InChI=1S/C14H16N4O3/c19-13(18-7-9-20-10-8-18)5-4-12-16-17-14(21-12)11-3-1-2-6-15-11/h1-3,6H,4-5,7-10H2. The predicted molar refractivity (Wildman–Crippen MR) is 73.2 cm³/mol. The molecule has 2 aromatic rings. The second-order valence-corrected chi connectivity index (χ2v) is 4.71. The summed E-state index contributed by atoms with van der Waals surface area (Å²) in [6, 6.07) is 5.48. The molecule has 0 aliphatic carbocycles. The minimum atomic E-state index is 0.0934. The lowest BCUT2D eigenvalue weighted by Gasteiger charge is -2.26. The fourth-order valence-corrected chi connectivity index (χ4v) is 2.13. The molecule has 3 heterocycles. The van der Waals surface area contributed by atoms with Crippen LogP contribution in [-0.2, 0) is 16.0 Å². The number of carbonyl (C=O) groups excluding carboxylic acids is 1. The number of hydrogen-bond donors (Lipinski definition) is 0. The van der Waals surface area contributed by atoms with Crippen LogP contribution < -0.4 is 0 Å². The van der Waals surface area contributed by atoms with Crippen molar-refractivity contribution >= 4 is 5.91 Å². The highest BCUT2D eigenvalue weighted by Gasteiger charge is 2.18. The van der Waals surface area contributed by atoms with Crippen molar-refractivity contribution in [3.05, 3.63) is 30.3 Å². The molecule has 7 heteroatoms. The normalized spacial score (nSPS) is 15.1. The van der Waals surface area contributed by atoms with Gasteiger partial charge in [0.1, 0.15) is 5.69 Å². The minimum Gasteiger partial charge on any atom is -0.419 e. The largest absolute Gasteiger partial charge is 0.419 e. The Labute approximate surface area is 121 Å². The van der Waals surface area contributed by atoms with Crippen LogP contribution in [0.3, 0.4) is 0 Å². The number of nitrogens with zero attached hydrogens (tertiary/aromatic N) is 4. The van der Waals surface area contributed by atoms with Gasteiger partial charge in [-0.05, 0) is 12.1 Å². The molecule has 1 fully saturated rings. The first-order valence-electron chi connectivity index (χ1n) is 6.92. The van der Waals surface area contributed by atoms with E-state index in [2.05, 4.69) is 15.2 Å². The Hall–Kier alpha value is -2.28. The van der Waals surface area contributed by atoms with Gasteiger partial charge in [0.05, 0.1) is 13.2 Å². The fourth-order valence-electron chi connectivity index (χ4n) is 2.13. The maximum absolute atomic E-state index is 12.0. The van der Waals surface area contributed by atoms with E-state index in [1.807, 2.05) is 12.1 Å². The number of carbonyl (C=O) groups is 1. The average molecular weight is 288 g/mol. The van der Waals surface area contributed by atoms with Gasteiger partial charge in [-0.3, -0.25) is 9.78 Å². The second kappa shape index (κ2) is 6.45. The van der Waals surface area contributed by atoms with Gasteiger partial charge in [0.2, 0.25) is 11.8 Å². The van der Waals surface area contributed by atoms with E-state index in [0.717, 1.165) is 0 Å². The van der Waals surface area contributed by atoms with Crippen molar-refractivity contribution in [1.29, 1.82) is 0 Å². The highest BCUT2D eigenvalue weighted by molar-refractivity contribution is 5.76. The van der Waals surface area contributed by atoms with E-state index >= 15 is 0 Å². The van der Waals surface area contributed by atoms with Gasteiger partial charge in [-0.15, -0.1) is 10.2 Å². The molecular formula is C14H16N4O3. The zero-order valence-corrected chi connectivity index (χ0v) is 11.6. The number of ether oxygens (including phenoxy) is 1. The summed E-state index contributed by atoms with van der Waals surface area (Å²) < 4.78 is 10.8. The predicted octanol–water partition coefficient (Wildman–Crippen LogP) is 0.923. The van der Waals surface area contributed by atoms with Crippen molar-refractivity contribution in [2.24, 2.45) is 0 Å². The van der Waals surface area contributed by atoms with Gasteiger partial charge in [-0.2, -0.15) is 0 Å². The number of pyridine rings is 1. The van der Waals surface area contributed by atoms with Crippen LogP contribution >= 0.6 is 0 Å². The van der Waals surface area contributed by atoms with E-state index in [1.54, 1.807) is 17.2 Å². The number of morpholine rings is 1. The van der Waals surface area contributed by atoms with Crippen molar-refractivity contribution in [3.63, 3.8) is 0 Å². The van der Waals surface area contributed by atoms with E-state index < -0.39 is 0 Å². The Morgan fingerprint density at radius 3 is 2.86 bits per heavy atom. The van der Waals surface area contributed by atoms with Crippen LogP contribution in [0, 0.1) is 0 Å². The highest BCUT2D eigenvalue weighted by atomic mass is 16.5. The first-order valence-corrected chi connectivity index (χ1v) is 6.92. The zero-order chi connectivity index (χ0) is 14.5. The first-order chi connectivity index (χ1) is 10.3. The third-order valence-corrected chi connectivity index (χ3v) is 3.27. The van der Waals surface area contributed by atoms with Crippen LogP contribution in [0.4, 0.5) is 0 Å². The van der Waals surface area contributed by atoms with Gasteiger partial charge in [0, 0.05) is 32.1 Å². The lowest BCUT2D eigenvalue weighted by atomic mass is 10.2. The fraction of sp³-hybridized carbons (Fsp3) is 0.429. The number of rotatable bonds is 4. The van der Waals surface area contributed by atoms with Crippen LogP contribution in [0.5, 0.6) is 0 Å². The lowest BCUT2D eigenvalue weighted by Crippen LogP contribution is -2.40. The molecule has 0 spiro atoms. The van der Waals surface area contributed by atoms with Gasteiger partial charge in [0.15, 0.2) is 0 Å². The highest BCUT2D eigenvalue weighted by Crippen LogP contribution is 2.15. The van der Waals surface area contributed by atoms with Crippen LogP contribution in [0.1, 0.15) is 12.3 Å². The number of aromatic nitrogens is 3. The minimum absolute atomic E-state index is 0.0934. The van der Waals surface area contributed by atoms with Gasteiger partial charge in [0.25, 0.3) is 5.89 Å². The molecule has 1 saturated heterocycles. The molecule has 2 aromatic heterocycles. The molecule has 0 N–H and O–H groups in total. The monoisotopic (exact) mass is 288 g/mol. The molecule has 0 unspecified atom stereocenters. The summed E-state index contributed by atoms with van der Waals surface area (Å²) in [5.74, 6) is 0.928. The third kappa shape index (κ3) is 3.43. The molecular weight excluding hydrogens is 272 g/mol. The molecule has 21 heavy (non-hydrogen) atoms. The smallest absolute Gasteiger partial charge is 0.266 e. The van der Waals surface area contributed by atoms with Crippen molar-refractivity contribution in [2.75, 3.05) is 26.3 Å². The summed E-state index contributed by atoms with van der Waals surface area (Å²) in [4.78, 5) is 18.0. The number of aryl methyl sites for hydroxylation is 1. The van der Waals surface area contributed by atoms with E-state index in [1.165, 1.54) is 0 Å². The number of hydrogen-bond acceptors (Lipinski definition) is 6. The molecule has 110 valence electrons. The van der Waals surface area contributed by atoms with Crippen LogP contribution in [0.2, 0.25) is 0 Å². The molecule has 1 aliphatic heterocycles. The summed E-state index contributed by atoms with van der Waals surface area (Å²) >= 11 is 0. The molecule has 1 aliphatic rings. The Balaban J connectivity index is 1.56. The number of amides is 1. The van der Waals surface area contributed by atoms with Gasteiger partial charge in [-0.1, -0.05) is 6.07 Å². The van der Waals surface area contributed by atoms with Crippen LogP contribution in [0.15, 0.2) is 28.8 Å². The van der Waals surface area contributed by atoms with Gasteiger partial charge < -0.3 is 14.1 Å². The van der Waals surface area contributed by atoms with Gasteiger partial charge >= 0.3 is 0 Å². The molecule has 3 rings (SSSR count). The summed E-state index contributed by atoms with van der Waals surface area (Å²) in [6.07, 6.45) is 2.47.